The lowest BCUT2D eigenvalue weighted by Crippen LogP contribution is -2.59. The average molecular weight is 633 g/mol. The first-order valence-electron chi connectivity index (χ1n) is 15.4. The molecular formula is C34H44N6O6. The van der Waals surface area contributed by atoms with Gasteiger partial charge in [0.15, 0.2) is 5.82 Å². The van der Waals surface area contributed by atoms with Crippen LogP contribution in [0.25, 0.3) is 0 Å². The van der Waals surface area contributed by atoms with E-state index < -0.39 is 41.1 Å². The fourth-order valence-corrected chi connectivity index (χ4v) is 4.95. The molecule has 46 heavy (non-hydrogen) atoms. The molecule has 1 fully saturated rings. The van der Waals surface area contributed by atoms with Crippen molar-refractivity contribution in [3.63, 3.8) is 0 Å². The lowest BCUT2D eigenvalue weighted by molar-refractivity contribution is -0.132. The van der Waals surface area contributed by atoms with Crippen LogP contribution < -0.4 is 16.0 Å². The van der Waals surface area contributed by atoms with Crippen LogP contribution in [0, 0.1) is 0 Å². The first-order chi connectivity index (χ1) is 21.8. The van der Waals surface area contributed by atoms with Gasteiger partial charge in [0, 0.05) is 19.3 Å². The third-order valence-electron chi connectivity index (χ3n) is 7.32. The largest absolute Gasteiger partial charge is 0.444 e. The summed E-state index contributed by atoms with van der Waals surface area (Å²) in [5.74, 6) is -1.04. The number of nitrogens with zero attached hydrogens (tertiary/aromatic N) is 3. The summed E-state index contributed by atoms with van der Waals surface area (Å²) < 4.78 is 12.8. The van der Waals surface area contributed by atoms with Crippen molar-refractivity contribution in [2.45, 2.75) is 77.3 Å². The highest BCUT2D eigenvalue weighted by Crippen LogP contribution is 2.24. The maximum atomic E-state index is 13.6. The van der Waals surface area contributed by atoms with E-state index in [0.717, 1.165) is 24.0 Å². The summed E-state index contributed by atoms with van der Waals surface area (Å²) in [6.07, 6.45) is 4.26. The highest BCUT2D eigenvalue weighted by molar-refractivity contribution is 5.98. The Morgan fingerprint density at radius 1 is 0.913 bits per heavy atom. The van der Waals surface area contributed by atoms with Gasteiger partial charge in [-0.2, -0.15) is 0 Å². The molecule has 1 unspecified atom stereocenters. The number of carbonyl (C=O) groups excluding carboxylic acids is 4. The first-order valence-corrected chi connectivity index (χ1v) is 15.4. The Kier molecular flexibility index (Phi) is 11.2. The Morgan fingerprint density at radius 3 is 2.17 bits per heavy atom. The van der Waals surface area contributed by atoms with Crippen molar-refractivity contribution in [2.75, 3.05) is 25.0 Å². The van der Waals surface area contributed by atoms with E-state index in [9.17, 15) is 19.2 Å². The minimum atomic E-state index is -1.42. The molecule has 2 heterocycles. The molecule has 4 rings (SSSR count). The number of benzene rings is 2. The van der Waals surface area contributed by atoms with Gasteiger partial charge < -0.3 is 34.9 Å². The standard InChI is InChI=1S/C34H44N6O6/c1-33(2,3)46-32(44)38-34(4,5)31(43)36-26(22-45-21-24-14-8-6-9-15-24)29(41)37-27-20-40(23-35-27)28(25-16-10-7-11-17-25)30(42)39-18-12-13-19-39/h6-11,14-17,20,23,26,28H,12-13,18-19,21-22H2,1-5H3,(H,36,43)(H,37,41)(H,38,44)/t26-,28?/m1/s1. The third-order valence-corrected chi connectivity index (χ3v) is 7.32. The molecule has 12 heteroatoms. The molecule has 1 saturated heterocycles. The van der Waals surface area contributed by atoms with Crippen LogP contribution in [-0.2, 0) is 30.5 Å². The van der Waals surface area contributed by atoms with Crippen molar-refractivity contribution < 1.29 is 28.7 Å². The molecule has 0 spiro atoms. The summed E-state index contributed by atoms with van der Waals surface area (Å²) in [7, 11) is 0. The van der Waals surface area contributed by atoms with Crippen LogP contribution in [0.5, 0.6) is 0 Å². The van der Waals surface area contributed by atoms with E-state index in [4.69, 9.17) is 9.47 Å². The maximum Gasteiger partial charge on any atom is 0.408 e. The van der Waals surface area contributed by atoms with E-state index in [0.29, 0.717) is 13.1 Å². The number of amides is 4. The van der Waals surface area contributed by atoms with Crippen molar-refractivity contribution >= 4 is 29.6 Å². The quantitative estimate of drug-likeness (QED) is 0.273. The number of rotatable bonds is 12. The predicted molar refractivity (Wildman–Crippen MR) is 173 cm³/mol. The normalized spacial score (nSPS) is 14.7. The lowest BCUT2D eigenvalue weighted by atomic mass is 10.0. The van der Waals surface area contributed by atoms with Crippen molar-refractivity contribution in [2.24, 2.45) is 0 Å². The molecule has 12 nitrogen and oxygen atoms in total. The minimum absolute atomic E-state index is 0.0434. The second-order valence-corrected chi connectivity index (χ2v) is 12.8. The van der Waals surface area contributed by atoms with E-state index in [1.54, 1.807) is 31.5 Å². The zero-order valence-corrected chi connectivity index (χ0v) is 27.1. The zero-order valence-electron chi connectivity index (χ0n) is 27.1. The molecule has 0 radical (unpaired) electrons. The fraction of sp³-hybridized carbons (Fsp3) is 0.441. The predicted octanol–water partition coefficient (Wildman–Crippen LogP) is 4.04. The molecule has 1 aliphatic heterocycles. The van der Waals surface area contributed by atoms with E-state index in [-0.39, 0.29) is 24.9 Å². The van der Waals surface area contributed by atoms with Crippen LogP contribution in [0.15, 0.2) is 73.2 Å². The zero-order chi connectivity index (χ0) is 33.3. The van der Waals surface area contributed by atoms with Crippen LogP contribution in [-0.4, -0.2) is 75.1 Å². The molecule has 3 aromatic rings. The fourth-order valence-electron chi connectivity index (χ4n) is 4.95. The Morgan fingerprint density at radius 2 is 1.54 bits per heavy atom. The molecule has 246 valence electrons. The number of aromatic nitrogens is 2. The van der Waals surface area contributed by atoms with Crippen LogP contribution in [0.2, 0.25) is 0 Å². The molecule has 0 bridgehead atoms. The molecule has 4 amide bonds. The Balaban J connectivity index is 1.49. The summed E-state index contributed by atoms with van der Waals surface area (Å²) >= 11 is 0. The molecule has 1 aliphatic rings. The van der Waals surface area contributed by atoms with Gasteiger partial charge in [-0.3, -0.25) is 14.4 Å². The summed E-state index contributed by atoms with van der Waals surface area (Å²) in [5.41, 5.74) is -0.477. The van der Waals surface area contributed by atoms with Crippen LogP contribution >= 0.6 is 0 Å². The van der Waals surface area contributed by atoms with Gasteiger partial charge in [0.25, 0.3) is 5.91 Å². The Hall–Kier alpha value is -4.71. The van der Waals surface area contributed by atoms with Crippen LogP contribution in [0.1, 0.15) is 64.6 Å². The summed E-state index contributed by atoms with van der Waals surface area (Å²) in [6.45, 7) is 9.63. The number of hydrogen-bond donors (Lipinski definition) is 3. The topological polar surface area (TPSA) is 144 Å². The van der Waals surface area contributed by atoms with Crippen molar-refractivity contribution in [3.8, 4) is 0 Å². The number of carbonyl (C=O) groups is 4. The monoisotopic (exact) mass is 632 g/mol. The molecule has 0 aliphatic carbocycles. The molecule has 3 N–H and O–H groups in total. The smallest absolute Gasteiger partial charge is 0.408 e. The number of alkyl carbamates (subject to hydrolysis) is 1. The molecule has 1 aromatic heterocycles. The second-order valence-electron chi connectivity index (χ2n) is 12.8. The highest BCUT2D eigenvalue weighted by atomic mass is 16.6. The van der Waals surface area contributed by atoms with Gasteiger partial charge in [0.1, 0.15) is 23.2 Å². The molecular weight excluding hydrogens is 588 g/mol. The Bertz CT molecular complexity index is 1480. The molecule has 2 aromatic carbocycles. The van der Waals surface area contributed by atoms with Crippen molar-refractivity contribution in [3.05, 3.63) is 84.3 Å². The minimum Gasteiger partial charge on any atom is -0.444 e. The van der Waals surface area contributed by atoms with Gasteiger partial charge in [0.2, 0.25) is 11.8 Å². The number of hydrogen-bond acceptors (Lipinski definition) is 7. The number of anilines is 1. The Labute approximate surface area is 269 Å². The number of imidazole rings is 1. The van der Waals surface area contributed by atoms with E-state index >= 15 is 0 Å². The number of ether oxygens (including phenoxy) is 2. The average Bonchev–Trinajstić information content (AvgIpc) is 3.69. The summed E-state index contributed by atoms with van der Waals surface area (Å²) in [5, 5.41) is 8.01. The van der Waals surface area contributed by atoms with Gasteiger partial charge >= 0.3 is 6.09 Å². The summed E-state index contributed by atoms with van der Waals surface area (Å²) in [4.78, 5) is 59.1. The SMILES string of the molecule is CC(C)(C)OC(=O)NC(C)(C)C(=O)N[C@H](COCc1ccccc1)C(=O)Nc1cn(C(C(=O)N2CCCC2)c2ccccc2)cn1. The number of likely N-dealkylation sites (tertiary alicyclic amines) is 1. The van der Waals surface area contributed by atoms with E-state index in [2.05, 4.69) is 20.9 Å². The lowest BCUT2D eigenvalue weighted by Gasteiger charge is -2.29. The highest BCUT2D eigenvalue weighted by Gasteiger charge is 2.35. The van der Waals surface area contributed by atoms with Gasteiger partial charge in [0.05, 0.1) is 19.5 Å². The number of nitrogens with one attached hydrogen (secondary N) is 3. The van der Waals surface area contributed by atoms with Crippen molar-refractivity contribution in [1.82, 2.24) is 25.1 Å². The molecule has 2 atom stereocenters. The molecule has 0 saturated carbocycles. The maximum absolute atomic E-state index is 13.6. The third kappa shape index (κ3) is 9.64. The first kappa shape index (κ1) is 34.2. The van der Waals surface area contributed by atoms with Gasteiger partial charge in [-0.1, -0.05) is 60.7 Å². The van der Waals surface area contributed by atoms with Crippen molar-refractivity contribution in [1.29, 1.82) is 0 Å². The second kappa shape index (κ2) is 15.0. The van der Waals surface area contributed by atoms with Gasteiger partial charge in [-0.15, -0.1) is 0 Å². The van der Waals surface area contributed by atoms with Gasteiger partial charge in [-0.25, -0.2) is 9.78 Å². The van der Waals surface area contributed by atoms with E-state index in [1.165, 1.54) is 20.2 Å². The van der Waals surface area contributed by atoms with Gasteiger partial charge in [-0.05, 0) is 58.6 Å². The summed E-state index contributed by atoms with van der Waals surface area (Å²) in [6, 6.07) is 17.0. The van der Waals surface area contributed by atoms with E-state index in [1.807, 2.05) is 65.6 Å². The van der Waals surface area contributed by atoms with Crippen LogP contribution in [0.3, 0.4) is 0 Å². The van der Waals surface area contributed by atoms with Crippen LogP contribution in [0.4, 0.5) is 10.6 Å².